The van der Waals surface area contributed by atoms with Gasteiger partial charge in [0.1, 0.15) is 0 Å². The average Bonchev–Trinajstić information content (AvgIpc) is 3.77. The van der Waals surface area contributed by atoms with Crippen LogP contribution in [0.3, 0.4) is 0 Å². The molecule has 0 amide bonds. The van der Waals surface area contributed by atoms with Crippen molar-refractivity contribution < 1.29 is 0 Å². The van der Waals surface area contributed by atoms with Crippen LogP contribution in [0.25, 0.3) is 47.7 Å². The Hall–Kier alpha value is -6.62. The van der Waals surface area contributed by atoms with E-state index in [2.05, 4.69) is 215 Å². The standard InChI is InChI=1S/C48H33N3S/c1-5-17-34(18-6-1)49(35-19-7-2-8-20-35)38-29-32-46-41(33-38)47-44(51-42-27-15-13-25-39(42)40-26-14-16-28-43(40)51)30-31-45(48(47)52-46)50(36-21-9-3-10-22-36)37-23-11-4-12-24-37/h1-33H. The molecule has 10 aromatic rings. The highest BCUT2D eigenvalue weighted by Gasteiger charge is 2.23. The Labute approximate surface area is 306 Å². The van der Waals surface area contributed by atoms with Crippen molar-refractivity contribution in [2.75, 3.05) is 9.80 Å². The minimum absolute atomic E-state index is 1.12. The molecule has 0 aliphatic heterocycles. The zero-order valence-corrected chi connectivity index (χ0v) is 29.1. The number of anilines is 6. The predicted molar refractivity (Wildman–Crippen MR) is 223 cm³/mol. The van der Waals surface area contributed by atoms with Gasteiger partial charge >= 0.3 is 0 Å². The Morgan fingerprint density at radius 2 is 0.827 bits per heavy atom. The smallest absolute Gasteiger partial charge is 0.0641 e. The molecule has 0 spiro atoms. The number of thiophene rings is 1. The summed E-state index contributed by atoms with van der Waals surface area (Å²) in [6, 6.07) is 71.9. The number of nitrogens with zero attached hydrogens (tertiary/aromatic N) is 3. The summed E-state index contributed by atoms with van der Waals surface area (Å²) >= 11 is 1.87. The van der Waals surface area contributed by atoms with Crippen LogP contribution < -0.4 is 9.80 Å². The van der Waals surface area contributed by atoms with Gasteiger partial charge in [0, 0.05) is 54.7 Å². The second-order valence-corrected chi connectivity index (χ2v) is 14.0. The van der Waals surface area contributed by atoms with E-state index in [0.29, 0.717) is 0 Å². The van der Waals surface area contributed by atoms with Crippen LogP contribution in [0.5, 0.6) is 0 Å². The van der Waals surface area contributed by atoms with E-state index in [0.717, 1.165) is 34.1 Å². The molecule has 0 N–H and O–H groups in total. The summed E-state index contributed by atoms with van der Waals surface area (Å²) in [6.07, 6.45) is 0. The Morgan fingerprint density at radius 3 is 1.35 bits per heavy atom. The van der Waals surface area contributed by atoms with Crippen LogP contribution in [0.1, 0.15) is 0 Å². The van der Waals surface area contributed by atoms with Crippen LogP contribution in [-0.4, -0.2) is 4.57 Å². The van der Waals surface area contributed by atoms with Gasteiger partial charge in [-0.3, -0.25) is 0 Å². The van der Waals surface area contributed by atoms with Crippen molar-refractivity contribution in [2.24, 2.45) is 0 Å². The van der Waals surface area contributed by atoms with Crippen molar-refractivity contribution >= 4 is 87.4 Å². The molecule has 8 aromatic carbocycles. The second kappa shape index (κ2) is 12.6. The first-order valence-electron chi connectivity index (χ1n) is 17.6. The van der Waals surface area contributed by atoms with Gasteiger partial charge in [-0.15, -0.1) is 11.3 Å². The normalized spacial score (nSPS) is 11.5. The van der Waals surface area contributed by atoms with Crippen molar-refractivity contribution in [1.82, 2.24) is 4.57 Å². The molecule has 0 saturated heterocycles. The Bertz CT molecular complexity index is 2710. The molecular formula is C48H33N3S. The van der Waals surface area contributed by atoms with Gasteiger partial charge in [-0.25, -0.2) is 0 Å². The molecule has 0 bridgehead atoms. The molecule has 0 atom stereocenters. The molecule has 0 unspecified atom stereocenters. The van der Waals surface area contributed by atoms with Gasteiger partial charge in [0.25, 0.3) is 0 Å². The molecular weight excluding hydrogens is 651 g/mol. The Balaban J connectivity index is 1.31. The zero-order valence-electron chi connectivity index (χ0n) is 28.3. The third-order valence-corrected chi connectivity index (χ3v) is 11.1. The van der Waals surface area contributed by atoms with Crippen molar-refractivity contribution in [1.29, 1.82) is 0 Å². The van der Waals surface area contributed by atoms with Gasteiger partial charge in [0.2, 0.25) is 0 Å². The zero-order chi connectivity index (χ0) is 34.4. The third kappa shape index (κ3) is 4.96. The number of hydrogen-bond donors (Lipinski definition) is 0. The van der Waals surface area contributed by atoms with Crippen LogP contribution in [-0.2, 0) is 0 Å². The first-order chi connectivity index (χ1) is 25.8. The lowest BCUT2D eigenvalue weighted by Crippen LogP contribution is -2.10. The van der Waals surface area contributed by atoms with Gasteiger partial charge in [0.05, 0.1) is 27.1 Å². The summed E-state index contributed by atoms with van der Waals surface area (Å²) in [6.45, 7) is 0. The SMILES string of the molecule is c1ccc(N(c2ccccc2)c2ccc3sc4c(N(c5ccccc5)c5ccccc5)ccc(-n5c6ccccc6c6ccccc65)c4c3c2)cc1. The van der Waals surface area contributed by atoms with Crippen molar-refractivity contribution in [3.63, 3.8) is 0 Å². The molecule has 246 valence electrons. The van der Waals surface area contributed by atoms with Crippen molar-refractivity contribution in [3.05, 3.63) is 200 Å². The monoisotopic (exact) mass is 683 g/mol. The van der Waals surface area contributed by atoms with Gasteiger partial charge in [-0.2, -0.15) is 0 Å². The maximum Gasteiger partial charge on any atom is 0.0641 e. The number of para-hydroxylation sites is 6. The van der Waals surface area contributed by atoms with E-state index in [1.165, 1.54) is 47.7 Å². The fraction of sp³-hybridized carbons (Fsp3) is 0. The Kier molecular flexibility index (Phi) is 7.33. The summed E-state index contributed by atoms with van der Waals surface area (Å²) in [5.74, 6) is 0. The molecule has 10 rings (SSSR count). The summed E-state index contributed by atoms with van der Waals surface area (Å²) in [4.78, 5) is 4.75. The van der Waals surface area contributed by atoms with Gasteiger partial charge < -0.3 is 14.4 Å². The van der Waals surface area contributed by atoms with E-state index in [1.54, 1.807) is 0 Å². The maximum absolute atomic E-state index is 2.47. The lowest BCUT2D eigenvalue weighted by Gasteiger charge is -2.27. The fourth-order valence-corrected chi connectivity index (χ4v) is 8.91. The highest BCUT2D eigenvalue weighted by Crippen LogP contribution is 2.49. The fourth-order valence-electron chi connectivity index (χ4n) is 7.70. The topological polar surface area (TPSA) is 11.4 Å². The van der Waals surface area contributed by atoms with Crippen LogP contribution in [0, 0.1) is 0 Å². The number of hydrogen-bond acceptors (Lipinski definition) is 3. The quantitative estimate of drug-likeness (QED) is 0.166. The Morgan fingerprint density at radius 1 is 0.365 bits per heavy atom. The van der Waals surface area contributed by atoms with Gasteiger partial charge in [0.15, 0.2) is 0 Å². The van der Waals surface area contributed by atoms with Crippen LogP contribution in [0.15, 0.2) is 200 Å². The van der Waals surface area contributed by atoms with Crippen molar-refractivity contribution in [2.45, 2.75) is 0 Å². The highest BCUT2D eigenvalue weighted by molar-refractivity contribution is 7.26. The molecule has 2 heterocycles. The highest BCUT2D eigenvalue weighted by atomic mass is 32.1. The molecule has 2 aromatic heterocycles. The average molecular weight is 684 g/mol. The minimum Gasteiger partial charge on any atom is -0.310 e. The molecule has 0 aliphatic carbocycles. The van der Waals surface area contributed by atoms with E-state index < -0.39 is 0 Å². The van der Waals surface area contributed by atoms with Gasteiger partial charge in [-0.1, -0.05) is 109 Å². The molecule has 3 nitrogen and oxygen atoms in total. The van der Waals surface area contributed by atoms with Crippen LogP contribution in [0.4, 0.5) is 34.1 Å². The number of benzene rings is 8. The summed E-state index contributed by atoms with van der Waals surface area (Å²) < 4.78 is 4.96. The molecule has 0 radical (unpaired) electrons. The number of fused-ring (bicyclic) bond motifs is 6. The maximum atomic E-state index is 2.47. The van der Waals surface area contributed by atoms with E-state index in [1.807, 2.05) is 11.3 Å². The largest absolute Gasteiger partial charge is 0.310 e. The second-order valence-electron chi connectivity index (χ2n) is 13.0. The molecule has 4 heteroatoms. The van der Waals surface area contributed by atoms with Gasteiger partial charge in [-0.05, 0) is 91.0 Å². The first kappa shape index (κ1) is 30.2. The van der Waals surface area contributed by atoms with Crippen LogP contribution in [0.2, 0.25) is 0 Å². The molecule has 0 aliphatic rings. The summed E-state index contributed by atoms with van der Waals surface area (Å²) in [5.41, 5.74) is 10.3. The van der Waals surface area contributed by atoms with E-state index in [9.17, 15) is 0 Å². The predicted octanol–water partition coefficient (Wildman–Crippen LogP) is 14.1. The molecule has 0 saturated carbocycles. The summed E-state index contributed by atoms with van der Waals surface area (Å²) in [7, 11) is 0. The van der Waals surface area contributed by atoms with E-state index in [-0.39, 0.29) is 0 Å². The van der Waals surface area contributed by atoms with E-state index in [4.69, 9.17) is 0 Å². The lowest BCUT2D eigenvalue weighted by atomic mass is 10.1. The van der Waals surface area contributed by atoms with Crippen molar-refractivity contribution in [3.8, 4) is 5.69 Å². The number of aromatic nitrogens is 1. The first-order valence-corrected chi connectivity index (χ1v) is 18.4. The van der Waals surface area contributed by atoms with Crippen LogP contribution >= 0.6 is 11.3 Å². The molecule has 0 fully saturated rings. The summed E-state index contributed by atoms with van der Waals surface area (Å²) in [5, 5.41) is 4.98. The van der Waals surface area contributed by atoms with E-state index >= 15 is 0 Å². The third-order valence-electron chi connectivity index (χ3n) is 9.94. The lowest BCUT2D eigenvalue weighted by molar-refractivity contribution is 1.20. The number of rotatable bonds is 7. The molecule has 52 heavy (non-hydrogen) atoms. The minimum atomic E-state index is 1.12.